The second kappa shape index (κ2) is 8.04. The number of hydrogen-bond acceptors (Lipinski definition) is 4. The predicted octanol–water partition coefficient (Wildman–Crippen LogP) is 1.82. The molecular formula is C16H29Cl2N5O. The summed E-state index contributed by atoms with van der Waals surface area (Å²) in [5.74, 6) is 0.213. The molecule has 0 saturated carbocycles. The van der Waals surface area contributed by atoms with Gasteiger partial charge in [0, 0.05) is 38.9 Å². The summed E-state index contributed by atoms with van der Waals surface area (Å²) in [7, 11) is 1.88. The van der Waals surface area contributed by atoms with Crippen LogP contribution in [0.3, 0.4) is 0 Å². The number of halogens is 2. The number of hydrogen-bond donors (Lipinski definition) is 1. The van der Waals surface area contributed by atoms with Gasteiger partial charge in [-0.15, -0.1) is 24.8 Å². The van der Waals surface area contributed by atoms with Gasteiger partial charge in [-0.25, -0.2) is 0 Å². The molecule has 2 N–H and O–H groups in total. The molecule has 2 atom stereocenters. The van der Waals surface area contributed by atoms with Crippen molar-refractivity contribution in [3.05, 3.63) is 12.4 Å². The maximum atomic E-state index is 12.9. The minimum atomic E-state index is -0.0132. The van der Waals surface area contributed by atoms with E-state index in [-0.39, 0.29) is 48.2 Å². The van der Waals surface area contributed by atoms with Gasteiger partial charge >= 0.3 is 0 Å². The normalized spacial score (nSPS) is 27.3. The van der Waals surface area contributed by atoms with E-state index in [1.54, 1.807) is 10.9 Å². The zero-order chi connectivity index (χ0) is 15.9. The van der Waals surface area contributed by atoms with Gasteiger partial charge in [-0.1, -0.05) is 13.8 Å². The molecule has 0 radical (unpaired) electrons. The number of nitrogens with zero attached hydrogens (tertiary/aromatic N) is 4. The molecule has 0 aromatic carbocycles. The molecule has 8 heteroatoms. The number of likely N-dealkylation sites (tertiary alicyclic amines) is 1. The van der Waals surface area contributed by atoms with Crippen LogP contribution in [0, 0.1) is 5.41 Å². The van der Waals surface area contributed by atoms with Crippen LogP contribution in [0.2, 0.25) is 0 Å². The zero-order valence-corrected chi connectivity index (χ0v) is 16.3. The van der Waals surface area contributed by atoms with Crippen LogP contribution in [0.25, 0.3) is 0 Å². The van der Waals surface area contributed by atoms with Crippen molar-refractivity contribution in [2.45, 2.75) is 45.2 Å². The number of anilines is 1. The summed E-state index contributed by atoms with van der Waals surface area (Å²) >= 11 is 0. The molecule has 2 aliphatic rings. The Hall–Kier alpha value is -0.820. The van der Waals surface area contributed by atoms with Crippen molar-refractivity contribution >= 4 is 36.4 Å². The molecule has 138 valence electrons. The van der Waals surface area contributed by atoms with Crippen LogP contribution in [-0.4, -0.2) is 52.3 Å². The lowest BCUT2D eigenvalue weighted by molar-refractivity contribution is -0.126. The first-order chi connectivity index (χ1) is 10.4. The van der Waals surface area contributed by atoms with Crippen molar-refractivity contribution in [1.82, 2.24) is 14.7 Å². The fourth-order valence-corrected chi connectivity index (χ4v) is 3.68. The lowest BCUT2D eigenvalue weighted by atomic mass is 9.79. The van der Waals surface area contributed by atoms with Crippen molar-refractivity contribution in [1.29, 1.82) is 0 Å². The summed E-state index contributed by atoms with van der Waals surface area (Å²) in [4.78, 5) is 17.2. The molecule has 3 rings (SSSR count). The first-order valence-corrected chi connectivity index (χ1v) is 8.18. The quantitative estimate of drug-likeness (QED) is 0.853. The number of piperidine rings is 2. The third kappa shape index (κ3) is 4.04. The highest BCUT2D eigenvalue weighted by molar-refractivity contribution is 5.97. The Labute approximate surface area is 156 Å². The van der Waals surface area contributed by atoms with Crippen LogP contribution in [0.1, 0.15) is 33.1 Å². The maximum absolute atomic E-state index is 12.9. The van der Waals surface area contributed by atoms with Gasteiger partial charge in [0.15, 0.2) is 0 Å². The number of aryl methyl sites for hydroxylation is 1. The second-order valence-corrected chi connectivity index (χ2v) is 7.37. The van der Waals surface area contributed by atoms with Crippen LogP contribution < -0.4 is 10.6 Å². The largest absolute Gasteiger partial charge is 0.327 e. The third-order valence-electron chi connectivity index (χ3n) is 5.20. The molecule has 1 amide bonds. The minimum absolute atomic E-state index is 0. The number of amides is 1. The number of carbonyl (C=O) groups is 1. The SMILES string of the molecule is Cl.Cl.Cn1cc(N2CCCC(N3CCC(N)C(C)(C)C3)C2=O)cn1. The monoisotopic (exact) mass is 377 g/mol. The Bertz CT molecular complexity index is 562. The molecule has 0 aliphatic carbocycles. The van der Waals surface area contributed by atoms with Gasteiger partial charge in [-0.3, -0.25) is 14.4 Å². The Morgan fingerprint density at radius 1 is 1.25 bits per heavy atom. The number of aromatic nitrogens is 2. The summed E-state index contributed by atoms with van der Waals surface area (Å²) in [5.41, 5.74) is 7.20. The lowest BCUT2D eigenvalue weighted by Gasteiger charge is -2.47. The predicted molar refractivity (Wildman–Crippen MR) is 101 cm³/mol. The van der Waals surface area contributed by atoms with Crippen LogP contribution in [-0.2, 0) is 11.8 Å². The molecule has 2 saturated heterocycles. The molecule has 0 bridgehead atoms. The second-order valence-electron chi connectivity index (χ2n) is 7.37. The van der Waals surface area contributed by atoms with Gasteiger partial charge in [0.2, 0.25) is 5.91 Å². The Morgan fingerprint density at radius 2 is 1.96 bits per heavy atom. The van der Waals surface area contributed by atoms with Crippen molar-refractivity contribution < 1.29 is 4.79 Å². The summed E-state index contributed by atoms with van der Waals surface area (Å²) < 4.78 is 1.75. The van der Waals surface area contributed by atoms with E-state index in [9.17, 15) is 4.79 Å². The van der Waals surface area contributed by atoms with Crippen LogP contribution in [0.5, 0.6) is 0 Å². The molecule has 0 spiro atoms. The summed E-state index contributed by atoms with van der Waals surface area (Å²) in [6, 6.07) is 0.206. The molecule has 2 aliphatic heterocycles. The van der Waals surface area contributed by atoms with Crippen LogP contribution >= 0.6 is 24.8 Å². The molecule has 2 fully saturated rings. The van der Waals surface area contributed by atoms with Gasteiger partial charge in [0.05, 0.1) is 17.9 Å². The van der Waals surface area contributed by atoms with Crippen molar-refractivity contribution in [2.75, 3.05) is 24.5 Å². The fourth-order valence-electron chi connectivity index (χ4n) is 3.68. The summed E-state index contributed by atoms with van der Waals surface area (Å²) in [6.45, 7) is 7.01. The van der Waals surface area contributed by atoms with E-state index < -0.39 is 0 Å². The minimum Gasteiger partial charge on any atom is -0.327 e. The van der Waals surface area contributed by atoms with E-state index in [1.165, 1.54) is 0 Å². The third-order valence-corrected chi connectivity index (χ3v) is 5.20. The first kappa shape index (κ1) is 21.2. The average molecular weight is 378 g/mol. The molecule has 24 heavy (non-hydrogen) atoms. The van der Waals surface area contributed by atoms with Crippen LogP contribution in [0.15, 0.2) is 12.4 Å². The molecular weight excluding hydrogens is 349 g/mol. The van der Waals surface area contributed by atoms with E-state index in [0.717, 1.165) is 44.6 Å². The van der Waals surface area contributed by atoms with Gasteiger partial charge in [-0.05, 0) is 24.7 Å². The zero-order valence-electron chi connectivity index (χ0n) is 14.6. The topological polar surface area (TPSA) is 67.4 Å². The highest BCUT2D eigenvalue weighted by atomic mass is 35.5. The van der Waals surface area contributed by atoms with E-state index in [0.29, 0.717) is 0 Å². The van der Waals surface area contributed by atoms with E-state index >= 15 is 0 Å². The number of carbonyl (C=O) groups excluding carboxylic acids is 1. The Kier molecular flexibility index (Phi) is 7.11. The van der Waals surface area contributed by atoms with Crippen molar-refractivity contribution in [3.8, 4) is 0 Å². The van der Waals surface area contributed by atoms with Gasteiger partial charge in [0.1, 0.15) is 0 Å². The Morgan fingerprint density at radius 3 is 2.54 bits per heavy atom. The smallest absolute Gasteiger partial charge is 0.244 e. The molecule has 2 unspecified atom stereocenters. The lowest BCUT2D eigenvalue weighted by Crippen LogP contribution is -2.60. The highest BCUT2D eigenvalue weighted by Gasteiger charge is 2.40. The Balaban J connectivity index is 0.00000144. The summed E-state index contributed by atoms with van der Waals surface area (Å²) in [6.07, 6.45) is 6.63. The van der Waals surface area contributed by atoms with Crippen molar-refractivity contribution in [2.24, 2.45) is 18.2 Å². The number of nitrogens with two attached hydrogens (primary N) is 1. The fraction of sp³-hybridized carbons (Fsp3) is 0.750. The standard InChI is InChI=1S/C16H27N5O.2ClH/c1-16(2)11-20(8-6-14(16)17)13-5-4-7-21(15(13)22)12-9-18-19(3)10-12;;/h9-10,13-14H,4-8,11,17H2,1-3H3;2*1H. The van der Waals surface area contributed by atoms with Gasteiger partial charge in [0.25, 0.3) is 0 Å². The molecule has 3 heterocycles. The van der Waals surface area contributed by atoms with Gasteiger partial charge < -0.3 is 10.6 Å². The number of rotatable bonds is 2. The average Bonchev–Trinajstić information content (AvgIpc) is 2.88. The molecule has 1 aromatic heterocycles. The van der Waals surface area contributed by atoms with Crippen molar-refractivity contribution in [3.63, 3.8) is 0 Å². The molecule has 1 aromatic rings. The molecule has 6 nitrogen and oxygen atoms in total. The summed E-state index contributed by atoms with van der Waals surface area (Å²) in [5, 5.41) is 4.19. The van der Waals surface area contributed by atoms with E-state index in [2.05, 4.69) is 23.8 Å². The highest BCUT2D eigenvalue weighted by Crippen LogP contribution is 2.32. The maximum Gasteiger partial charge on any atom is 0.244 e. The van der Waals surface area contributed by atoms with E-state index in [1.807, 2.05) is 18.1 Å². The first-order valence-electron chi connectivity index (χ1n) is 8.18. The van der Waals surface area contributed by atoms with Gasteiger partial charge in [-0.2, -0.15) is 5.10 Å². The van der Waals surface area contributed by atoms with E-state index in [4.69, 9.17) is 5.73 Å². The van der Waals surface area contributed by atoms with Crippen LogP contribution in [0.4, 0.5) is 5.69 Å².